The van der Waals surface area contributed by atoms with Crippen LogP contribution in [-0.4, -0.2) is 11.8 Å². The first-order chi connectivity index (χ1) is 4.58. The largest absolute Gasteiger partial charge is 0.291 e. The third-order valence-electron chi connectivity index (χ3n) is 1.82. The molecule has 0 amide bonds. The van der Waals surface area contributed by atoms with Crippen molar-refractivity contribution in [2.24, 2.45) is 10.9 Å². The summed E-state index contributed by atoms with van der Waals surface area (Å²) in [6.45, 7) is 6.42. The van der Waals surface area contributed by atoms with Crippen molar-refractivity contribution in [1.82, 2.24) is 0 Å². The Bertz CT molecular complexity index is 126. The van der Waals surface area contributed by atoms with Crippen LogP contribution in [0, 0.1) is 5.92 Å². The molecule has 0 unspecified atom stereocenters. The maximum absolute atomic E-state index is 4.45. The van der Waals surface area contributed by atoms with Crippen LogP contribution in [-0.2, 0) is 0 Å². The first kappa shape index (κ1) is 7.77. The van der Waals surface area contributed by atoms with Crippen LogP contribution in [0.15, 0.2) is 4.99 Å². The van der Waals surface area contributed by atoms with Crippen LogP contribution >= 0.6 is 0 Å². The van der Waals surface area contributed by atoms with Crippen LogP contribution in [0.3, 0.4) is 0 Å². The summed E-state index contributed by atoms with van der Waals surface area (Å²) in [6, 6.07) is 0. The fourth-order valence-electron chi connectivity index (χ4n) is 0.918. The molecule has 0 aromatic heterocycles. The van der Waals surface area contributed by atoms with Gasteiger partial charge in [-0.3, -0.25) is 4.99 Å². The van der Waals surface area contributed by atoms with Gasteiger partial charge in [0.25, 0.3) is 0 Å². The zero-order chi connectivity index (χ0) is 7.61. The van der Waals surface area contributed by atoms with Crippen LogP contribution in [0.5, 0.6) is 0 Å². The van der Waals surface area contributed by atoms with Crippen molar-refractivity contribution >= 4 is 6.21 Å². The number of aliphatic imine (C=N–C) groups is 1. The summed E-state index contributed by atoms with van der Waals surface area (Å²) in [5, 5.41) is 0. The van der Waals surface area contributed by atoms with E-state index in [4.69, 9.17) is 0 Å². The van der Waals surface area contributed by atoms with Gasteiger partial charge >= 0.3 is 0 Å². The summed E-state index contributed by atoms with van der Waals surface area (Å²) >= 11 is 0. The Morgan fingerprint density at radius 3 is 2.20 bits per heavy atom. The molecule has 1 saturated carbocycles. The van der Waals surface area contributed by atoms with Gasteiger partial charge in [0.1, 0.15) is 0 Å². The lowest BCUT2D eigenvalue weighted by atomic mass is 9.86. The number of hydrogen-bond acceptors (Lipinski definition) is 1. The van der Waals surface area contributed by atoms with E-state index in [1.54, 1.807) is 0 Å². The van der Waals surface area contributed by atoms with Gasteiger partial charge in [0.05, 0.1) is 5.54 Å². The standard InChI is InChI=1S/C9H17N/c1-9(2,3)10-7-8-5-4-6-8/h7-8H,4-6H2,1-3H3. The predicted octanol–water partition coefficient (Wildman–Crippen LogP) is 2.66. The minimum absolute atomic E-state index is 0.135. The van der Waals surface area contributed by atoms with E-state index in [0.29, 0.717) is 0 Å². The third-order valence-corrected chi connectivity index (χ3v) is 1.82. The molecule has 0 aromatic carbocycles. The zero-order valence-corrected chi connectivity index (χ0v) is 7.22. The van der Waals surface area contributed by atoms with Crippen molar-refractivity contribution in [3.8, 4) is 0 Å². The summed E-state index contributed by atoms with van der Waals surface area (Å²) in [4.78, 5) is 4.45. The van der Waals surface area contributed by atoms with E-state index in [-0.39, 0.29) is 5.54 Å². The summed E-state index contributed by atoms with van der Waals surface area (Å²) in [6.07, 6.45) is 6.27. The lowest BCUT2D eigenvalue weighted by Gasteiger charge is -2.22. The average molecular weight is 139 g/mol. The molecule has 10 heavy (non-hydrogen) atoms. The Hall–Kier alpha value is -0.330. The molecule has 0 saturated heterocycles. The minimum Gasteiger partial charge on any atom is -0.291 e. The molecule has 0 heterocycles. The second-order valence-electron chi connectivity index (χ2n) is 4.14. The monoisotopic (exact) mass is 139 g/mol. The molecule has 1 rings (SSSR count). The highest BCUT2D eigenvalue weighted by Crippen LogP contribution is 2.24. The predicted molar refractivity (Wildman–Crippen MR) is 45.6 cm³/mol. The van der Waals surface area contributed by atoms with Gasteiger partial charge in [0.15, 0.2) is 0 Å². The maximum atomic E-state index is 4.45. The topological polar surface area (TPSA) is 12.4 Å². The highest BCUT2D eigenvalue weighted by Gasteiger charge is 2.15. The molecule has 1 nitrogen and oxygen atoms in total. The molecule has 1 fully saturated rings. The highest BCUT2D eigenvalue weighted by molar-refractivity contribution is 5.62. The van der Waals surface area contributed by atoms with E-state index in [9.17, 15) is 0 Å². The van der Waals surface area contributed by atoms with Gasteiger partial charge in [0, 0.05) is 6.21 Å². The van der Waals surface area contributed by atoms with Gasteiger partial charge in [-0.1, -0.05) is 6.42 Å². The van der Waals surface area contributed by atoms with Gasteiger partial charge in [-0.2, -0.15) is 0 Å². The summed E-state index contributed by atoms with van der Waals surface area (Å²) < 4.78 is 0. The highest BCUT2D eigenvalue weighted by atomic mass is 14.8. The van der Waals surface area contributed by atoms with Crippen molar-refractivity contribution < 1.29 is 0 Å². The van der Waals surface area contributed by atoms with Crippen molar-refractivity contribution in [2.45, 2.75) is 45.6 Å². The molecule has 0 atom stereocenters. The van der Waals surface area contributed by atoms with Crippen molar-refractivity contribution in [3.63, 3.8) is 0 Å². The van der Waals surface area contributed by atoms with Gasteiger partial charge in [-0.15, -0.1) is 0 Å². The molecule has 0 aliphatic heterocycles. The smallest absolute Gasteiger partial charge is 0.0520 e. The Balaban J connectivity index is 2.28. The lowest BCUT2D eigenvalue weighted by Crippen LogP contribution is -2.16. The van der Waals surface area contributed by atoms with E-state index < -0.39 is 0 Å². The lowest BCUT2D eigenvalue weighted by molar-refractivity contribution is 0.416. The van der Waals surface area contributed by atoms with Crippen LogP contribution < -0.4 is 0 Å². The minimum atomic E-state index is 0.135. The fraction of sp³-hybridized carbons (Fsp3) is 0.889. The molecule has 0 radical (unpaired) electrons. The Kier molecular flexibility index (Phi) is 2.12. The number of nitrogens with zero attached hydrogens (tertiary/aromatic N) is 1. The van der Waals surface area contributed by atoms with E-state index in [1.165, 1.54) is 19.3 Å². The van der Waals surface area contributed by atoms with Crippen LogP contribution in [0.4, 0.5) is 0 Å². The van der Waals surface area contributed by atoms with E-state index >= 15 is 0 Å². The SMILES string of the molecule is CC(C)(C)N=CC1CCC1. The molecule has 0 aromatic rings. The molecular weight excluding hydrogens is 122 g/mol. The first-order valence-electron chi connectivity index (χ1n) is 4.13. The maximum Gasteiger partial charge on any atom is 0.0520 e. The van der Waals surface area contributed by atoms with Gasteiger partial charge in [-0.25, -0.2) is 0 Å². The molecule has 0 bridgehead atoms. The van der Waals surface area contributed by atoms with Crippen LogP contribution in [0.1, 0.15) is 40.0 Å². The van der Waals surface area contributed by atoms with Gasteiger partial charge in [0.2, 0.25) is 0 Å². The summed E-state index contributed by atoms with van der Waals surface area (Å²) in [7, 11) is 0. The first-order valence-corrected chi connectivity index (χ1v) is 4.13. The van der Waals surface area contributed by atoms with Crippen LogP contribution in [0.2, 0.25) is 0 Å². The molecule has 1 aliphatic rings. The van der Waals surface area contributed by atoms with Crippen molar-refractivity contribution in [1.29, 1.82) is 0 Å². The molecule has 1 aliphatic carbocycles. The van der Waals surface area contributed by atoms with Gasteiger partial charge in [-0.05, 0) is 39.5 Å². The zero-order valence-electron chi connectivity index (χ0n) is 7.22. The molecule has 0 spiro atoms. The van der Waals surface area contributed by atoms with Crippen LogP contribution in [0.25, 0.3) is 0 Å². The van der Waals surface area contributed by atoms with E-state index in [1.807, 2.05) is 0 Å². The van der Waals surface area contributed by atoms with E-state index in [2.05, 4.69) is 32.0 Å². The molecule has 0 N–H and O–H groups in total. The normalized spacial score (nSPS) is 21.5. The Labute approximate surface area is 63.5 Å². The second-order valence-corrected chi connectivity index (χ2v) is 4.14. The van der Waals surface area contributed by atoms with E-state index in [0.717, 1.165) is 5.92 Å². The molecule has 58 valence electrons. The van der Waals surface area contributed by atoms with Gasteiger partial charge < -0.3 is 0 Å². The fourth-order valence-corrected chi connectivity index (χ4v) is 0.918. The Morgan fingerprint density at radius 2 is 1.90 bits per heavy atom. The third kappa shape index (κ3) is 2.51. The molecule has 1 heteroatoms. The van der Waals surface area contributed by atoms with Crippen molar-refractivity contribution in [3.05, 3.63) is 0 Å². The second kappa shape index (κ2) is 2.73. The Morgan fingerprint density at radius 1 is 1.30 bits per heavy atom. The quantitative estimate of drug-likeness (QED) is 0.495. The number of rotatable bonds is 1. The van der Waals surface area contributed by atoms with Crippen molar-refractivity contribution in [2.75, 3.05) is 0 Å². The molecular formula is C9H17N. The summed E-state index contributed by atoms with van der Waals surface area (Å²) in [5.74, 6) is 0.805. The average Bonchev–Trinajstić information content (AvgIpc) is 1.56. The number of hydrogen-bond donors (Lipinski definition) is 0. The summed E-state index contributed by atoms with van der Waals surface area (Å²) in [5.41, 5.74) is 0.135.